The first-order valence-corrected chi connectivity index (χ1v) is 5.32. The second kappa shape index (κ2) is 4.35. The topological polar surface area (TPSA) is 37.8 Å². The Hall–Kier alpha value is -1.49. The summed E-state index contributed by atoms with van der Waals surface area (Å²) in [5.41, 5.74) is 0. The summed E-state index contributed by atoms with van der Waals surface area (Å²) >= 11 is 1.63. The number of hydrogen-bond acceptors (Lipinski definition) is 4. The predicted octanol–water partition coefficient (Wildman–Crippen LogP) is 2.60. The van der Waals surface area contributed by atoms with Gasteiger partial charge in [0.2, 0.25) is 0 Å². The molecule has 0 saturated heterocycles. The number of halogens is 1. The Labute approximate surface area is 91.0 Å². The van der Waals surface area contributed by atoms with Gasteiger partial charge < -0.3 is 5.32 Å². The first-order chi connectivity index (χ1) is 7.24. The van der Waals surface area contributed by atoms with Crippen molar-refractivity contribution in [2.24, 2.45) is 0 Å². The lowest BCUT2D eigenvalue weighted by molar-refractivity contribution is 0.621. The van der Waals surface area contributed by atoms with E-state index in [1.807, 2.05) is 13.1 Å². The molecule has 0 aromatic carbocycles. The Morgan fingerprint density at radius 1 is 1.33 bits per heavy atom. The van der Waals surface area contributed by atoms with Gasteiger partial charge in [0.15, 0.2) is 0 Å². The van der Waals surface area contributed by atoms with E-state index in [0.29, 0.717) is 12.4 Å². The zero-order valence-corrected chi connectivity index (χ0v) is 9.01. The maximum atomic E-state index is 12.6. The molecule has 15 heavy (non-hydrogen) atoms. The number of thiazole rings is 1. The molecule has 5 heteroatoms. The fraction of sp³-hybridized carbons (Fsp3) is 0.200. The van der Waals surface area contributed by atoms with Crippen LogP contribution in [0.4, 0.5) is 10.2 Å². The lowest BCUT2D eigenvalue weighted by Gasteiger charge is -2.01. The van der Waals surface area contributed by atoms with Crippen molar-refractivity contribution in [2.45, 2.75) is 13.5 Å². The third-order valence-corrected chi connectivity index (χ3v) is 2.73. The van der Waals surface area contributed by atoms with E-state index in [0.717, 1.165) is 5.01 Å². The monoisotopic (exact) mass is 223 g/mol. The second-order valence-electron chi connectivity index (χ2n) is 3.08. The van der Waals surface area contributed by atoms with Crippen LogP contribution in [0.2, 0.25) is 0 Å². The normalized spacial score (nSPS) is 10.3. The molecule has 3 nitrogen and oxygen atoms in total. The molecular weight excluding hydrogens is 213 g/mol. The minimum Gasteiger partial charge on any atom is -0.364 e. The van der Waals surface area contributed by atoms with Crippen LogP contribution in [0.3, 0.4) is 0 Å². The lowest BCUT2D eigenvalue weighted by atomic mass is 10.4. The maximum Gasteiger partial charge on any atom is 0.141 e. The van der Waals surface area contributed by atoms with E-state index in [9.17, 15) is 4.39 Å². The highest BCUT2D eigenvalue weighted by atomic mass is 32.1. The zero-order chi connectivity index (χ0) is 10.7. The van der Waals surface area contributed by atoms with E-state index in [1.165, 1.54) is 17.1 Å². The van der Waals surface area contributed by atoms with Crippen molar-refractivity contribution in [3.8, 4) is 0 Å². The molecule has 0 amide bonds. The fourth-order valence-corrected chi connectivity index (χ4v) is 1.86. The van der Waals surface area contributed by atoms with Crippen molar-refractivity contribution >= 4 is 17.2 Å². The molecule has 2 aromatic heterocycles. The predicted molar refractivity (Wildman–Crippen MR) is 58.4 cm³/mol. The van der Waals surface area contributed by atoms with Gasteiger partial charge >= 0.3 is 0 Å². The van der Waals surface area contributed by atoms with Crippen LogP contribution < -0.4 is 5.32 Å². The molecule has 0 radical (unpaired) electrons. The van der Waals surface area contributed by atoms with Crippen molar-refractivity contribution in [1.29, 1.82) is 0 Å². The number of anilines is 1. The maximum absolute atomic E-state index is 12.6. The third kappa shape index (κ3) is 2.73. The summed E-state index contributed by atoms with van der Waals surface area (Å²) in [6, 6.07) is 2.98. The zero-order valence-electron chi connectivity index (χ0n) is 8.20. The Bertz CT molecular complexity index is 438. The largest absolute Gasteiger partial charge is 0.364 e. The molecular formula is C10H10FN3S. The van der Waals surface area contributed by atoms with Gasteiger partial charge in [-0.3, -0.25) is 0 Å². The average molecular weight is 223 g/mol. The highest BCUT2D eigenvalue weighted by molar-refractivity contribution is 7.11. The van der Waals surface area contributed by atoms with Crippen LogP contribution in [0.15, 0.2) is 24.5 Å². The number of aryl methyl sites for hydroxylation is 1. The van der Waals surface area contributed by atoms with Gasteiger partial charge in [0.05, 0.1) is 12.7 Å². The number of rotatable bonds is 3. The molecule has 0 bridgehead atoms. The van der Waals surface area contributed by atoms with Gasteiger partial charge in [-0.25, -0.2) is 14.4 Å². The van der Waals surface area contributed by atoms with Crippen molar-refractivity contribution in [3.05, 3.63) is 40.2 Å². The van der Waals surface area contributed by atoms with Crippen molar-refractivity contribution in [1.82, 2.24) is 9.97 Å². The van der Waals surface area contributed by atoms with Crippen LogP contribution in [0.1, 0.15) is 9.88 Å². The molecule has 0 aliphatic rings. The van der Waals surface area contributed by atoms with Gasteiger partial charge in [-0.2, -0.15) is 0 Å². The van der Waals surface area contributed by atoms with Gasteiger partial charge in [0.1, 0.15) is 16.6 Å². The Balaban J connectivity index is 1.96. The molecule has 2 heterocycles. The summed E-state index contributed by atoms with van der Waals surface area (Å²) < 4.78 is 12.6. The van der Waals surface area contributed by atoms with Crippen LogP contribution in [-0.2, 0) is 6.54 Å². The summed E-state index contributed by atoms with van der Waals surface area (Å²) in [6.07, 6.45) is 3.02. The molecule has 2 aromatic rings. The Kier molecular flexibility index (Phi) is 2.91. The second-order valence-corrected chi connectivity index (χ2v) is 4.40. The quantitative estimate of drug-likeness (QED) is 0.869. The van der Waals surface area contributed by atoms with Crippen LogP contribution in [0.25, 0.3) is 0 Å². The number of aromatic nitrogens is 2. The summed E-state index contributed by atoms with van der Waals surface area (Å²) in [6.45, 7) is 2.63. The van der Waals surface area contributed by atoms with E-state index >= 15 is 0 Å². The molecule has 0 aliphatic heterocycles. The summed E-state index contributed by atoms with van der Waals surface area (Å²) in [7, 11) is 0. The average Bonchev–Trinajstić information content (AvgIpc) is 2.64. The minimum atomic E-state index is -0.328. The fourth-order valence-electron chi connectivity index (χ4n) is 1.13. The molecule has 0 aliphatic carbocycles. The number of nitrogens with one attached hydrogen (secondary N) is 1. The Morgan fingerprint density at radius 2 is 2.20 bits per heavy atom. The van der Waals surface area contributed by atoms with E-state index < -0.39 is 0 Å². The summed E-state index contributed by atoms with van der Waals surface area (Å²) in [5, 5.41) is 4.07. The lowest BCUT2D eigenvalue weighted by Crippen LogP contribution is -2.00. The van der Waals surface area contributed by atoms with Crippen LogP contribution >= 0.6 is 11.3 Å². The standard InChI is InChI=1S/C10H10FN3S/c1-7-4-14-10(15-7)6-13-9-3-2-8(11)5-12-9/h2-5H,6H2,1H3,(H,12,13). The number of hydrogen-bond donors (Lipinski definition) is 1. The molecule has 0 saturated carbocycles. The molecule has 1 N–H and O–H groups in total. The van der Waals surface area contributed by atoms with E-state index in [1.54, 1.807) is 17.4 Å². The highest BCUT2D eigenvalue weighted by Gasteiger charge is 1.99. The minimum absolute atomic E-state index is 0.328. The Morgan fingerprint density at radius 3 is 2.80 bits per heavy atom. The van der Waals surface area contributed by atoms with Gasteiger partial charge in [-0.15, -0.1) is 11.3 Å². The van der Waals surface area contributed by atoms with Gasteiger partial charge in [-0.05, 0) is 19.1 Å². The SMILES string of the molecule is Cc1cnc(CNc2ccc(F)cn2)s1. The van der Waals surface area contributed by atoms with Crippen molar-refractivity contribution in [2.75, 3.05) is 5.32 Å². The number of nitrogens with zero attached hydrogens (tertiary/aromatic N) is 2. The van der Waals surface area contributed by atoms with E-state index in [2.05, 4.69) is 15.3 Å². The van der Waals surface area contributed by atoms with Gasteiger partial charge in [0.25, 0.3) is 0 Å². The molecule has 2 rings (SSSR count). The molecule has 0 spiro atoms. The van der Waals surface area contributed by atoms with Crippen LogP contribution in [0.5, 0.6) is 0 Å². The van der Waals surface area contributed by atoms with Gasteiger partial charge in [-0.1, -0.05) is 0 Å². The van der Waals surface area contributed by atoms with Crippen LogP contribution in [-0.4, -0.2) is 9.97 Å². The van der Waals surface area contributed by atoms with E-state index in [-0.39, 0.29) is 5.82 Å². The molecule has 0 unspecified atom stereocenters. The summed E-state index contributed by atoms with van der Waals surface area (Å²) in [5.74, 6) is 0.329. The van der Waals surface area contributed by atoms with Gasteiger partial charge in [0, 0.05) is 11.1 Å². The smallest absolute Gasteiger partial charge is 0.141 e. The molecule has 0 atom stereocenters. The van der Waals surface area contributed by atoms with E-state index in [4.69, 9.17) is 0 Å². The number of pyridine rings is 1. The van der Waals surface area contributed by atoms with Crippen molar-refractivity contribution < 1.29 is 4.39 Å². The van der Waals surface area contributed by atoms with Crippen molar-refractivity contribution in [3.63, 3.8) is 0 Å². The van der Waals surface area contributed by atoms with Crippen LogP contribution in [0, 0.1) is 12.7 Å². The first kappa shape index (κ1) is 10.0. The first-order valence-electron chi connectivity index (χ1n) is 4.51. The third-order valence-electron chi connectivity index (χ3n) is 1.82. The summed E-state index contributed by atoms with van der Waals surface area (Å²) in [4.78, 5) is 9.27. The molecule has 78 valence electrons. The molecule has 0 fully saturated rings. The highest BCUT2D eigenvalue weighted by Crippen LogP contribution is 2.12.